The topological polar surface area (TPSA) is 3.88 Å². The van der Waals surface area contributed by atoms with Gasteiger partial charge in [0.05, 0.1) is 0 Å². The van der Waals surface area contributed by atoms with Crippen molar-refractivity contribution < 1.29 is 92.4 Å². The van der Waals surface area contributed by atoms with Crippen LogP contribution in [0.5, 0.6) is 0 Å². The van der Waals surface area contributed by atoms with Gasteiger partial charge in [0.2, 0.25) is 0 Å². The fourth-order valence-corrected chi connectivity index (χ4v) is 9.87. The van der Waals surface area contributed by atoms with Crippen molar-refractivity contribution in [3.05, 3.63) is 182 Å². The van der Waals surface area contributed by atoms with Gasteiger partial charge in [0.15, 0.2) is 88.7 Å². The molecule has 0 N–H and O–H groups in total. The monoisotopic (exact) mass is 1070 g/mol. The van der Waals surface area contributed by atoms with Crippen LogP contribution >= 0.6 is 0 Å². The molecule has 0 aliphatic heterocycles. The summed E-state index contributed by atoms with van der Waals surface area (Å²) in [6, 6.07) is 15.5. The third-order valence-corrected chi connectivity index (χ3v) is 13.6. The molecule has 1 aromatic heterocycles. The summed E-state index contributed by atoms with van der Waals surface area (Å²) in [6.45, 7) is 3.27. The number of aromatic nitrogens is 1. The molecule has 0 unspecified atom stereocenters. The number of hydrogen-bond donors (Lipinski definition) is 0. The fourth-order valence-electron chi connectivity index (χ4n) is 9.87. The number of nitrogens with zero attached hydrogens (tertiary/aromatic N) is 1. The number of rotatable bonds is 16. The molecule has 0 bridgehead atoms. The van der Waals surface area contributed by atoms with Crippen molar-refractivity contribution in [3.8, 4) is 0 Å². The van der Waals surface area contributed by atoms with Crippen molar-refractivity contribution in [2.45, 2.75) is 103 Å². The Morgan fingerprint density at radius 1 is 0.365 bits per heavy atom. The molecule has 22 heteroatoms. The van der Waals surface area contributed by atoms with Gasteiger partial charge in [0.25, 0.3) is 0 Å². The lowest BCUT2D eigenvalue weighted by Crippen LogP contribution is -2.81. The molecule has 1 aliphatic rings. The molecule has 1 nitrogen and oxygen atoms in total. The molecule has 398 valence electrons. The highest BCUT2D eigenvalue weighted by atomic mass is 19.2. The van der Waals surface area contributed by atoms with Crippen LogP contribution in [-0.2, 0) is 6.54 Å². The van der Waals surface area contributed by atoms with E-state index in [2.05, 4.69) is 66.3 Å². The smallest absolute Gasteiger partial charge is 0.200 e. The summed E-state index contributed by atoms with van der Waals surface area (Å²) in [5, 5.41) is 0. The number of benzene rings is 5. The van der Waals surface area contributed by atoms with Crippen LogP contribution in [0.1, 0.15) is 107 Å². The van der Waals surface area contributed by atoms with Crippen LogP contribution < -0.4 is 26.4 Å². The second-order valence-corrected chi connectivity index (χ2v) is 18.1. The van der Waals surface area contributed by atoms with Crippen molar-refractivity contribution in [2.75, 3.05) is 0 Å². The minimum Gasteiger partial charge on any atom is -0.207 e. The number of hydrogen-bond acceptors (Lipinski definition) is 0. The molecule has 0 radical (unpaired) electrons. The minimum absolute atomic E-state index is 0.788. The molecular formula is C52H42BF20N. The normalized spacial score (nSPS) is 14.9. The maximum Gasteiger partial charge on any atom is 0.200 e. The molecule has 5 aromatic carbocycles. The van der Waals surface area contributed by atoms with Gasteiger partial charge in [-0.3, -0.25) is 0 Å². The Balaban J connectivity index is 0.000000265. The zero-order valence-corrected chi connectivity index (χ0v) is 38.8. The van der Waals surface area contributed by atoms with E-state index >= 15 is 35.1 Å². The summed E-state index contributed by atoms with van der Waals surface area (Å²) < 4.78 is 296. The quantitative estimate of drug-likeness (QED) is 0.0227. The highest BCUT2D eigenvalue weighted by Gasteiger charge is 2.52. The lowest BCUT2D eigenvalue weighted by molar-refractivity contribution is -0.688. The summed E-state index contributed by atoms with van der Waals surface area (Å²) in [6.07, 6.45) is 16.0. The second kappa shape index (κ2) is 24.1. The SMILES string of the molecule is CCCCCCCCCCC1CCC(c2cc[n+](Cc3ccccc3)cc2)CC1.Fc1c(F)c(F)c([B-](c2c(F)c(F)c(F)c(F)c2F)(c2c(F)c(F)c(F)c(F)c2F)c2c(F)c(F)c(F)c(F)c2F)c(F)c1F. The third kappa shape index (κ3) is 10.9. The first-order valence-electron chi connectivity index (χ1n) is 23.3. The first-order chi connectivity index (χ1) is 35.0. The van der Waals surface area contributed by atoms with Crippen LogP contribution in [-0.4, -0.2) is 6.15 Å². The summed E-state index contributed by atoms with van der Waals surface area (Å²) in [7, 11) is 0. The van der Waals surface area contributed by atoms with Gasteiger partial charge in [0.1, 0.15) is 52.7 Å². The molecule has 1 fully saturated rings. The summed E-state index contributed by atoms with van der Waals surface area (Å²) >= 11 is 0. The van der Waals surface area contributed by atoms with E-state index in [1.165, 1.54) is 89.0 Å². The second-order valence-electron chi connectivity index (χ2n) is 18.1. The van der Waals surface area contributed by atoms with Gasteiger partial charge in [-0.1, -0.05) is 95.0 Å². The van der Waals surface area contributed by atoms with Crippen LogP contribution in [0.4, 0.5) is 87.8 Å². The predicted octanol–water partition coefficient (Wildman–Crippen LogP) is 13.7. The molecule has 1 aliphatic carbocycles. The zero-order chi connectivity index (χ0) is 54.5. The van der Waals surface area contributed by atoms with Gasteiger partial charge >= 0.3 is 0 Å². The molecule has 0 spiro atoms. The van der Waals surface area contributed by atoms with Crippen molar-refractivity contribution in [3.63, 3.8) is 0 Å². The number of pyridine rings is 1. The van der Waals surface area contributed by atoms with Crippen LogP contribution in [0.15, 0.2) is 54.9 Å². The molecule has 1 heterocycles. The average Bonchev–Trinajstić information content (AvgIpc) is 3.40. The van der Waals surface area contributed by atoms with Crippen molar-refractivity contribution in [1.82, 2.24) is 0 Å². The maximum absolute atomic E-state index is 15.4. The predicted molar refractivity (Wildman–Crippen MR) is 233 cm³/mol. The largest absolute Gasteiger partial charge is 0.207 e. The van der Waals surface area contributed by atoms with Gasteiger partial charge in [-0.2, -0.15) is 0 Å². The summed E-state index contributed by atoms with van der Waals surface area (Å²) in [5.74, 6) is -69.6. The van der Waals surface area contributed by atoms with Gasteiger partial charge < -0.3 is 0 Å². The van der Waals surface area contributed by atoms with E-state index in [9.17, 15) is 52.7 Å². The molecule has 6 aromatic rings. The zero-order valence-electron chi connectivity index (χ0n) is 38.8. The van der Waals surface area contributed by atoms with E-state index in [4.69, 9.17) is 0 Å². The fraction of sp³-hybridized carbons (Fsp3) is 0.327. The van der Waals surface area contributed by atoms with Gasteiger partial charge in [-0.15, -0.1) is 21.9 Å². The molecule has 1 saturated carbocycles. The van der Waals surface area contributed by atoms with Crippen LogP contribution in [0, 0.1) is 122 Å². The van der Waals surface area contributed by atoms with E-state index in [-0.39, 0.29) is 0 Å². The Morgan fingerprint density at radius 3 is 0.986 bits per heavy atom. The molecule has 7 rings (SSSR count). The van der Waals surface area contributed by atoms with Gasteiger partial charge in [0, 0.05) is 17.7 Å². The Bertz CT molecular complexity index is 2600. The first-order valence-corrected chi connectivity index (χ1v) is 23.3. The van der Waals surface area contributed by atoms with E-state index in [0.29, 0.717) is 0 Å². The van der Waals surface area contributed by atoms with Crippen LogP contribution in [0.3, 0.4) is 0 Å². The highest BCUT2D eigenvalue weighted by molar-refractivity contribution is 7.20. The molecular weight excluding hydrogens is 1030 g/mol. The number of halogens is 20. The van der Waals surface area contributed by atoms with E-state index in [0.717, 1.165) is 18.4 Å². The van der Waals surface area contributed by atoms with E-state index < -0.39 is 144 Å². The van der Waals surface area contributed by atoms with E-state index in [1.54, 1.807) is 5.56 Å². The Hall–Kier alpha value is -6.09. The lowest BCUT2D eigenvalue weighted by atomic mass is 9.12. The number of unbranched alkanes of at least 4 members (excludes halogenated alkanes) is 7. The average molecular weight is 1070 g/mol. The summed E-state index contributed by atoms with van der Waals surface area (Å²) in [5.41, 5.74) is -11.4. The van der Waals surface area contributed by atoms with Crippen LogP contribution in [0.25, 0.3) is 0 Å². The first kappa shape index (κ1) is 57.2. The van der Waals surface area contributed by atoms with Crippen molar-refractivity contribution in [1.29, 1.82) is 0 Å². The molecule has 0 amide bonds. The molecule has 0 saturated heterocycles. The van der Waals surface area contributed by atoms with Gasteiger partial charge in [-0.25, -0.2) is 92.4 Å². The third-order valence-electron chi connectivity index (χ3n) is 13.6. The molecule has 74 heavy (non-hydrogen) atoms. The highest BCUT2D eigenvalue weighted by Crippen LogP contribution is 2.38. The van der Waals surface area contributed by atoms with E-state index in [1.807, 2.05) is 0 Å². The van der Waals surface area contributed by atoms with Crippen LogP contribution in [0.2, 0.25) is 0 Å². The lowest BCUT2D eigenvalue weighted by Gasteiger charge is -2.44. The Morgan fingerprint density at radius 2 is 0.662 bits per heavy atom. The standard InChI is InChI=1S/C28H42N.C24BF20/c1-2-3-4-5-6-7-8-10-13-25-16-18-27(19-17-25)28-20-22-29(23-21-28)24-26-14-11-9-12-15-26;26-5-1(6(27)14(35)21(42)13(5)34)25(2-7(28)15(36)22(43)16(37)8(2)29,3-9(30)17(38)23(44)18(39)10(3)31)4-11(32)19(40)24(45)20(41)12(4)33/h9,11-12,14-15,20-23,25,27H,2-8,10,13,16-19,24H2,1H3;/q+1;-1. The van der Waals surface area contributed by atoms with Gasteiger partial charge in [-0.05, 0) is 43.1 Å². The Labute approximate surface area is 410 Å². The minimum atomic E-state index is -7.22. The Kier molecular flexibility index (Phi) is 18.6. The van der Waals surface area contributed by atoms with Crippen molar-refractivity contribution in [2.24, 2.45) is 5.92 Å². The molecule has 0 atom stereocenters. The van der Waals surface area contributed by atoms with Crippen molar-refractivity contribution >= 4 is 28.0 Å². The summed E-state index contributed by atoms with van der Waals surface area (Å²) in [4.78, 5) is 0. The maximum atomic E-state index is 15.4.